The molecular formula is C26H31N5O4. The zero-order valence-corrected chi connectivity index (χ0v) is 19.7. The zero-order valence-electron chi connectivity index (χ0n) is 19.7. The van der Waals surface area contributed by atoms with Gasteiger partial charge < -0.3 is 19.6 Å². The molecule has 3 aromatic rings. The van der Waals surface area contributed by atoms with E-state index < -0.39 is 6.10 Å². The molecule has 0 unspecified atom stereocenters. The fourth-order valence-electron chi connectivity index (χ4n) is 4.43. The van der Waals surface area contributed by atoms with Gasteiger partial charge in [0.2, 0.25) is 5.88 Å². The van der Waals surface area contributed by atoms with Crippen LogP contribution in [-0.4, -0.2) is 56.0 Å². The number of hydrogen-bond acceptors (Lipinski definition) is 9. The van der Waals surface area contributed by atoms with E-state index in [-0.39, 0.29) is 5.78 Å². The van der Waals surface area contributed by atoms with Gasteiger partial charge in [0, 0.05) is 56.3 Å². The van der Waals surface area contributed by atoms with Crippen LogP contribution in [0.15, 0.2) is 47.5 Å². The standard InChI is InChI=1S/C26H31N5O4/c32-21(5-6-24(33)18-8-10-28-25(12-18)29-20-2-1-3-20)15-31-11-9-23-19(14-31)4-7-26(30-23)34-16-22-13-27-17-35-22/h4,7-8,10,12-13,17,20-21,32H,1-3,5-6,9,11,14-16H2,(H,28,29)/t21-/m0/s1. The van der Waals surface area contributed by atoms with E-state index in [1.807, 2.05) is 18.2 Å². The SMILES string of the molecule is O=C(CC[C@H](O)CN1CCc2nc(OCc3cnco3)ccc2C1)c1ccnc(NC2CCC2)c1. The minimum atomic E-state index is -0.563. The zero-order chi connectivity index (χ0) is 24.0. The van der Waals surface area contributed by atoms with E-state index in [0.717, 1.165) is 49.4 Å². The smallest absolute Gasteiger partial charge is 0.213 e. The Kier molecular flexibility index (Phi) is 7.34. The Morgan fingerprint density at radius 2 is 2.23 bits per heavy atom. The van der Waals surface area contributed by atoms with Crippen molar-refractivity contribution in [2.75, 3.05) is 18.4 Å². The number of carbonyl (C=O) groups excluding carboxylic acids is 1. The first kappa shape index (κ1) is 23.4. The van der Waals surface area contributed by atoms with E-state index in [4.69, 9.17) is 9.15 Å². The predicted octanol–water partition coefficient (Wildman–Crippen LogP) is 3.39. The molecule has 5 rings (SSSR count). The molecule has 9 heteroatoms. The molecule has 0 spiro atoms. The van der Waals surface area contributed by atoms with Crippen LogP contribution in [0.1, 0.15) is 59.5 Å². The van der Waals surface area contributed by atoms with Gasteiger partial charge >= 0.3 is 0 Å². The number of ether oxygens (including phenoxy) is 1. The molecule has 2 N–H and O–H groups in total. The molecule has 0 aromatic carbocycles. The van der Waals surface area contributed by atoms with Crippen LogP contribution in [0.5, 0.6) is 5.88 Å². The van der Waals surface area contributed by atoms with Crippen LogP contribution in [-0.2, 0) is 19.6 Å². The van der Waals surface area contributed by atoms with Crippen molar-refractivity contribution in [2.24, 2.45) is 0 Å². The number of carbonyl (C=O) groups is 1. The van der Waals surface area contributed by atoms with Crippen LogP contribution in [0.4, 0.5) is 5.82 Å². The molecule has 1 aliphatic heterocycles. The summed E-state index contributed by atoms with van der Waals surface area (Å²) in [6, 6.07) is 7.93. The molecule has 0 radical (unpaired) electrons. The second-order valence-corrected chi connectivity index (χ2v) is 9.31. The molecule has 2 aliphatic rings. The summed E-state index contributed by atoms with van der Waals surface area (Å²) < 4.78 is 10.9. The highest BCUT2D eigenvalue weighted by Gasteiger charge is 2.22. The van der Waals surface area contributed by atoms with E-state index in [1.165, 1.54) is 12.8 Å². The lowest BCUT2D eigenvalue weighted by Crippen LogP contribution is -2.37. The molecule has 1 atom stereocenters. The number of anilines is 1. The number of fused-ring (bicyclic) bond motifs is 1. The second-order valence-electron chi connectivity index (χ2n) is 9.31. The summed E-state index contributed by atoms with van der Waals surface area (Å²) in [5, 5.41) is 14.0. The Morgan fingerprint density at radius 1 is 1.31 bits per heavy atom. The fourth-order valence-corrected chi connectivity index (χ4v) is 4.43. The number of hydrogen-bond donors (Lipinski definition) is 2. The van der Waals surface area contributed by atoms with Crippen molar-refractivity contribution < 1.29 is 19.1 Å². The van der Waals surface area contributed by atoms with Crippen LogP contribution >= 0.6 is 0 Å². The molecule has 1 aliphatic carbocycles. The van der Waals surface area contributed by atoms with Crippen molar-refractivity contribution in [1.82, 2.24) is 19.9 Å². The van der Waals surface area contributed by atoms with Crippen LogP contribution in [0.3, 0.4) is 0 Å². The van der Waals surface area contributed by atoms with E-state index >= 15 is 0 Å². The first-order valence-corrected chi connectivity index (χ1v) is 12.3. The van der Waals surface area contributed by atoms with Gasteiger partial charge in [-0.25, -0.2) is 15.0 Å². The summed E-state index contributed by atoms with van der Waals surface area (Å²) in [4.78, 5) is 27.7. The summed E-state index contributed by atoms with van der Waals surface area (Å²) in [5.74, 6) is 2.01. The normalized spacial score (nSPS) is 16.8. The maximum absolute atomic E-state index is 12.7. The van der Waals surface area contributed by atoms with Gasteiger partial charge in [-0.3, -0.25) is 9.69 Å². The average Bonchev–Trinajstić information content (AvgIpc) is 3.37. The maximum Gasteiger partial charge on any atom is 0.213 e. The quantitative estimate of drug-likeness (QED) is 0.401. The van der Waals surface area contributed by atoms with Crippen molar-refractivity contribution in [3.8, 4) is 5.88 Å². The number of aromatic nitrogens is 3. The number of oxazole rings is 1. The molecule has 0 bridgehead atoms. The topological polar surface area (TPSA) is 114 Å². The Bertz CT molecular complexity index is 1130. The minimum Gasteiger partial charge on any atom is -0.469 e. The van der Waals surface area contributed by atoms with Crippen molar-refractivity contribution in [3.63, 3.8) is 0 Å². The Balaban J connectivity index is 1.07. The number of β-amino-alcohol motifs (C(OH)–C–C–N with tert-alkyl or cyclic N) is 1. The van der Waals surface area contributed by atoms with Crippen LogP contribution in [0.2, 0.25) is 0 Å². The molecule has 0 amide bonds. The summed E-state index contributed by atoms with van der Waals surface area (Å²) in [6.07, 6.45) is 9.19. The van der Waals surface area contributed by atoms with E-state index in [9.17, 15) is 9.90 Å². The number of Topliss-reactive ketones (excluding diaryl/α,β-unsaturated/α-hetero) is 1. The third-order valence-corrected chi connectivity index (χ3v) is 6.66. The Labute approximate surface area is 204 Å². The molecule has 35 heavy (non-hydrogen) atoms. The predicted molar refractivity (Wildman–Crippen MR) is 129 cm³/mol. The number of pyridine rings is 2. The summed E-state index contributed by atoms with van der Waals surface area (Å²) in [5.41, 5.74) is 2.80. The van der Waals surface area contributed by atoms with Gasteiger partial charge in [-0.05, 0) is 43.4 Å². The number of nitrogens with one attached hydrogen (secondary N) is 1. The lowest BCUT2D eigenvalue weighted by atomic mass is 9.93. The lowest BCUT2D eigenvalue weighted by molar-refractivity contribution is 0.0834. The minimum absolute atomic E-state index is 0.0363. The molecule has 1 fully saturated rings. The van der Waals surface area contributed by atoms with Crippen molar-refractivity contribution in [3.05, 3.63) is 65.6 Å². The van der Waals surface area contributed by atoms with Crippen molar-refractivity contribution in [2.45, 2.75) is 63.8 Å². The third-order valence-electron chi connectivity index (χ3n) is 6.66. The van der Waals surface area contributed by atoms with Gasteiger partial charge in [-0.15, -0.1) is 0 Å². The van der Waals surface area contributed by atoms with Gasteiger partial charge in [0.05, 0.1) is 18.0 Å². The molecule has 0 saturated heterocycles. The Morgan fingerprint density at radius 3 is 3.03 bits per heavy atom. The molecule has 3 aromatic heterocycles. The highest BCUT2D eigenvalue weighted by molar-refractivity contribution is 5.96. The Hall–Kier alpha value is -3.30. The van der Waals surface area contributed by atoms with E-state index in [2.05, 4.69) is 25.2 Å². The average molecular weight is 478 g/mol. The van der Waals surface area contributed by atoms with Crippen molar-refractivity contribution in [1.29, 1.82) is 0 Å². The molecule has 184 valence electrons. The molecular weight excluding hydrogens is 446 g/mol. The first-order chi connectivity index (χ1) is 17.1. The van der Waals surface area contributed by atoms with Gasteiger partial charge in [0.1, 0.15) is 12.4 Å². The molecule has 1 saturated carbocycles. The van der Waals surface area contributed by atoms with E-state index in [0.29, 0.717) is 49.2 Å². The van der Waals surface area contributed by atoms with Gasteiger partial charge in [-0.2, -0.15) is 0 Å². The number of rotatable bonds is 11. The van der Waals surface area contributed by atoms with Crippen molar-refractivity contribution >= 4 is 11.6 Å². The number of nitrogens with zero attached hydrogens (tertiary/aromatic N) is 4. The number of aliphatic hydroxyl groups excluding tert-OH is 1. The molecule has 9 nitrogen and oxygen atoms in total. The fraction of sp³-hybridized carbons (Fsp3) is 0.462. The largest absolute Gasteiger partial charge is 0.469 e. The monoisotopic (exact) mass is 477 g/mol. The van der Waals surface area contributed by atoms with Crippen LogP contribution in [0.25, 0.3) is 0 Å². The maximum atomic E-state index is 12.7. The highest BCUT2D eigenvalue weighted by Crippen LogP contribution is 2.24. The second kappa shape index (κ2) is 11.0. The summed E-state index contributed by atoms with van der Waals surface area (Å²) in [6.45, 7) is 2.34. The van der Waals surface area contributed by atoms with Crippen LogP contribution < -0.4 is 10.1 Å². The van der Waals surface area contributed by atoms with Gasteiger partial charge in [0.15, 0.2) is 17.9 Å². The summed E-state index contributed by atoms with van der Waals surface area (Å²) in [7, 11) is 0. The first-order valence-electron chi connectivity index (χ1n) is 12.3. The lowest BCUT2D eigenvalue weighted by Gasteiger charge is -2.30. The number of aliphatic hydroxyl groups is 1. The third kappa shape index (κ3) is 6.23. The van der Waals surface area contributed by atoms with E-state index in [1.54, 1.807) is 18.5 Å². The molecule has 4 heterocycles. The van der Waals surface area contributed by atoms with Crippen LogP contribution in [0, 0.1) is 0 Å². The highest BCUT2D eigenvalue weighted by atomic mass is 16.5. The summed E-state index contributed by atoms with van der Waals surface area (Å²) >= 11 is 0. The van der Waals surface area contributed by atoms with Gasteiger partial charge in [-0.1, -0.05) is 6.07 Å². The number of ketones is 1. The van der Waals surface area contributed by atoms with Gasteiger partial charge in [0.25, 0.3) is 0 Å².